The summed E-state index contributed by atoms with van der Waals surface area (Å²) >= 11 is 0. The number of benzene rings is 2. The van der Waals surface area contributed by atoms with E-state index in [1.807, 2.05) is 43.3 Å². The largest absolute Gasteiger partial charge is 0.481 e. The minimum absolute atomic E-state index is 0. The Morgan fingerprint density at radius 2 is 1.40 bits per heavy atom. The van der Waals surface area contributed by atoms with Crippen LogP contribution in [0, 0.1) is 5.41 Å². The number of carboxylic acid groups (broad SMARTS) is 1. The number of likely N-dealkylation sites (tertiary alicyclic amines) is 1. The van der Waals surface area contributed by atoms with Crippen molar-refractivity contribution in [1.82, 2.24) is 14.5 Å². The van der Waals surface area contributed by atoms with Gasteiger partial charge in [-0.3, -0.25) is 24.0 Å². The number of carboxylic acids is 1. The van der Waals surface area contributed by atoms with E-state index in [4.69, 9.17) is 12.6 Å². The van der Waals surface area contributed by atoms with Crippen LogP contribution in [-0.4, -0.2) is 127 Å². The molecule has 62 heavy (non-hydrogen) atoms. The fraction of sp³-hybridized carbons (Fsp3) is 0.614. The van der Waals surface area contributed by atoms with Gasteiger partial charge in [-0.1, -0.05) is 48.9 Å². The zero-order valence-electron chi connectivity index (χ0n) is 38.0. The summed E-state index contributed by atoms with van der Waals surface area (Å²) in [5.41, 5.74) is 1.74. The molecule has 0 saturated carbocycles. The number of cyclic esters (lactones) is 2. The summed E-state index contributed by atoms with van der Waals surface area (Å²) in [5.74, 6) is -2.45. The number of esters is 3. The summed E-state index contributed by atoms with van der Waals surface area (Å²) in [7, 11) is 1.52. The predicted octanol–water partition coefficient (Wildman–Crippen LogP) is 7.12. The Morgan fingerprint density at radius 3 is 1.82 bits per heavy atom. The van der Waals surface area contributed by atoms with Gasteiger partial charge in [0.1, 0.15) is 0 Å². The van der Waals surface area contributed by atoms with Crippen LogP contribution in [0.4, 0.5) is 17.1 Å². The smallest absolute Gasteiger partial charge is 0.314 e. The molecule has 0 bridgehead atoms. The standard InChI is InChI=1S/C31H43N5O7S.C6H15N.C4H4O3.CH4O.2CH4/c1-31(23-43-30(40)17-16-29(38)39)18-21-36(22-19-31)28(37)7-5-4-6-20-32-44(41,42)27-14-10-25(11-15-27)34-33-24-8-12-26(13-9-24)35(2)3;1-4-7(5-2)6-3;5-3-1-2-4(6)7-3;1-2;;/h8-15,32H,4-7,16-23H2,1-3H3,(H,38,39);4-6H2,1-3H3;1-2H2;2H,1H3;2*1H4/i1D;;;2T;;. The van der Waals surface area contributed by atoms with Gasteiger partial charge in [0, 0.05) is 59.7 Å². The molecule has 0 aliphatic carbocycles. The van der Waals surface area contributed by atoms with E-state index in [0.29, 0.717) is 63.0 Å². The highest BCUT2D eigenvalue weighted by atomic mass is 32.2. The highest BCUT2D eigenvalue weighted by Gasteiger charge is 2.33. The number of nitrogens with one attached hydrogen (secondary N) is 1. The van der Waals surface area contributed by atoms with Gasteiger partial charge in [0.25, 0.3) is 0 Å². The molecule has 352 valence electrons. The van der Waals surface area contributed by atoms with E-state index in [-0.39, 0.29) is 71.4 Å². The second-order valence-corrected chi connectivity index (χ2v) is 16.0. The average Bonchev–Trinajstić information content (AvgIpc) is 3.65. The van der Waals surface area contributed by atoms with Gasteiger partial charge in [0.15, 0.2) is 0 Å². The number of hydrogen-bond donors (Lipinski definition) is 3. The third-order valence-corrected chi connectivity index (χ3v) is 11.0. The topological polar surface area (TPSA) is 225 Å². The van der Waals surface area contributed by atoms with Crippen LogP contribution in [0.5, 0.6) is 0 Å². The summed E-state index contributed by atoms with van der Waals surface area (Å²) in [6.45, 7) is 11.4. The van der Waals surface area contributed by atoms with Crippen molar-refractivity contribution in [2.24, 2.45) is 15.6 Å². The lowest BCUT2D eigenvalue weighted by Crippen LogP contribution is -2.44. The molecule has 0 unspecified atom stereocenters. The van der Waals surface area contributed by atoms with E-state index in [9.17, 15) is 32.4 Å². The lowest BCUT2D eigenvalue weighted by Gasteiger charge is -2.39. The van der Waals surface area contributed by atoms with E-state index >= 15 is 0 Å². The van der Waals surface area contributed by atoms with Crippen molar-refractivity contribution in [2.75, 3.05) is 72.0 Å². The van der Waals surface area contributed by atoms with Gasteiger partial charge in [-0.15, -0.1) is 0 Å². The maximum absolute atomic E-state index is 12.7. The minimum atomic E-state index is -3.68. The Bertz CT molecular complexity index is 1770. The molecule has 2 fully saturated rings. The van der Waals surface area contributed by atoms with Crippen LogP contribution in [0.3, 0.4) is 0 Å². The molecule has 2 aromatic carbocycles. The van der Waals surface area contributed by atoms with Gasteiger partial charge in [-0.25, -0.2) is 13.1 Å². The molecule has 1 amide bonds. The molecule has 0 atom stereocenters. The van der Waals surface area contributed by atoms with Crippen LogP contribution in [0.15, 0.2) is 63.7 Å². The van der Waals surface area contributed by atoms with Crippen molar-refractivity contribution in [3.63, 3.8) is 0 Å². The third kappa shape index (κ3) is 24.0. The quantitative estimate of drug-likeness (QED) is 0.0553. The first-order valence-electron chi connectivity index (χ1n) is 21.3. The van der Waals surface area contributed by atoms with Crippen molar-refractivity contribution in [1.29, 1.82) is 1.43 Å². The zero-order chi connectivity index (χ0) is 46.6. The van der Waals surface area contributed by atoms with Crippen molar-refractivity contribution in [3.8, 4) is 0 Å². The van der Waals surface area contributed by atoms with E-state index in [2.05, 4.69) is 50.5 Å². The molecular formula is C44H74N6O11S. The number of aliphatic hydroxyl groups excluding tert-OH is 1. The summed E-state index contributed by atoms with van der Waals surface area (Å²) in [6, 6.07) is 13.8. The Morgan fingerprint density at radius 1 is 0.887 bits per heavy atom. The van der Waals surface area contributed by atoms with Crippen LogP contribution in [0.25, 0.3) is 0 Å². The van der Waals surface area contributed by atoms with Crippen molar-refractivity contribution in [3.05, 3.63) is 48.5 Å². The van der Waals surface area contributed by atoms with Gasteiger partial charge in [-0.05, 0) is 93.8 Å². The minimum Gasteiger partial charge on any atom is -0.481 e. The lowest BCUT2D eigenvalue weighted by atomic mass is 9.81. The number of sulfonamides is 1. The number of amides is 1. The Labute approximate surface area is 373 Å². The fourth-order valence-corrected chi connectivity index (χ4v) is 6.72. The van der Waals surface area contributed by atoms with Crippen LogP contribution >= 0.6 is 0 Å². The lowest BCUT2D eigenvalue weighted by molar-refractivity contribution is -0.152. The number of piperidine rings is 1. The maximum Gasteiger partial charge on any atom is 0.314 e. The van der Waals surface area contributed by atoms with Gasteiger partial charge >= 0.3 is 23.9 Å². The van der Waals surface area contributed by atoms with E-state index in [1.54, 1.807) is 17.0 Å². The molecular weight excluding hydrogens is 821 g/mol. The maximum atomic E-state index is 12.7. The Kier molecular flexibility index (Phi) is 28.5. The van der Waals surface area contributed by atoms with E-state index in [1.165, 1.54) is 38.9 Å². The van der Waals surface area contributed by atoms with Crippen LogP contribution in [-0.2, 0) is 43.5 Å². The van der Waals surface area contributed by atoms with Gasteiger partial charge in [0.2, 0.25) is 17.4 Å². The van der Waals surface area contributed by atoms with Crippen LogP contribution < -0.4 is 9.62 Å². The highest BCUT2D eigenvalue weighted by Crippen LogP contribution is 2.32. The number of aliphatic carboxylic acids is 1. The number of rotatable bonds is 19. The molecule has 4 rings (SSSR count). The summed E-state index contributed by atoms with van der Waals surface area (Å²) < 4.78 is 50.9. The first-order chi connectivity index (χ1) is 29.5. The van der Waals surface area contributed by atoms with Gasteiger partial charge in [0.05, 0.1) is 48.6 Å². The molecule has 3 N–H and O–H groups in total. The number of ether oxygens (including phenoxy) is 2. The van der Waals surface area contributed by atoms with Crippen molar-refractivity contribution >= 4 is 56.9 Å². The van der Waals surface area contributed by atoms with E-state index < -0.39 is 39.3 Å². The number of carbonyl (C=O) groups excluding carboxylic acids is 4. The first-order valence-corrected chi connectivity index (χ1v) is 21.6. The molecule has 2 saturated heterocycles. The van der Waals surface area contributed by atoms with Crippen LogP contribution in [0.2, 0.25) is 0 Å². The summed E-state index contributed by atoms with van der Waals surface area (Å²) in [4.78, 5) is 61.4. The fourth-order valence-electron chi connectivity index (χ4n) is 5.64. The molecule has 2 heterocycles. The number of nitrogens with zero attached hydrogens (tertiary/aromatic N) is 5. The van der Waals surface area contributed by atoms with Crippen LogP contribution in [0.1, 0.15) is 108 Å². The summed E-state index contributed by atoms with van der Waals surface area (Å²) in [5, 5.41) is 20.6. The van der Waals surface area contributed by atoms with Crippen molar-refractivity contribution < 1.29 is 53.5 Å². The number of anilines is 1. The highest BCUT2D eigenvalue weighted by molar-refractivity contribution is 7.89. The average molecular weight is 898 g/mol. The molecule has 0 spiro atoms. The number of azo groups is 1. The Balaban J connectivity index is 0. The molecule has 2 aliphatic heterocycles. The molecule has 2 aromatic rings. The molecule has 2 aliphatic rings. The predicted molar refractivity (Wildman–Crippen MR) is 242 cm³/mol. The number of unbranched alkanes of at least 4 members (excludes halogenated alkanes) is 2. The normalized spacial score (nSPS) is 14.5. The van der Waals surface area contributed by atoms with Gasteiger partial charge in [-0.2, -0.15) is 10.2 Å². The Hall–Kier alpha value is -4.78. The molecule has 18 heteroatoms. The number of hydrogen-bond acceptors (Lipinski definition) is 14. The monoisotopic (exact) mass is 898 g/mol. The zero-order valence-corrected chi connectivity index (χ0v) is 36.8. The van der Waals surface area contributed by atoms with E-state index in [0.717, 1.165) is 5.69 Å². The van der Waals surface area contributed by atoms with Crippen molar-refractivity contribution in [2.45, 2.75) is 112 Å². The van der Waals surface area contributed by atoms with Gasteiger partial charge < -0.3 is 34.4 Å². The first kappa shape index (κ1) is 55.2. The molecule has 0 radical (unpaired) electrons. The third-order valence-electron chi connectivity index (χ3n) is 9.52. The molecule has 0 aromatic heterocycles. The number of aliphatic hydroxyl groups is 1. The second-order valence-electron chi connectivity index (χ2n) is 14.2. The summed E-state index contributed by atoms with van der Waals surface area (Å²) in [6.07, 6.45) is 3.33. The molecule has 17 nitrogen and oxygen atoms in total. The second kappa shape index (κ2) is 32.0. The number of carbonyl (C=O) groups is 5. The SMILES string of the molecule is C.C.CCN(CC)CC.O=C1CCC(=O)O1.[2H]CC1(COC(=O)CCC(=O)O)CCN(C(=O)CCCCCNS(=O)(=O)c2ccc(N=Nc3ccc(N(C)C)cc3)cc2)CC1.[3H]OC.